The summed E-state index contributed by atoms with van der Waals surface area (Å²) in [6.07, 6.45) is 5.06. The molecule has 4 atom stereocenters. The van der Waals surface area contributed by atoms with Crippen LogP contribution in [0.2, 0.25) is 0 Å². The highest BCUT2D eigenvalue weighted by atomic mass is 79.9. The van der Waals surface area contributed by atoms with E-state index in [4.69, 9.17) is 9.47 Å². The van der Waals surface area contributed by atoms with Gasteiger partial charge in [-0.05, 0) is 58.2 Å². The first-order chi connectivity index (χ1) is 11.8. The maximum absolute atomic E-state index is 12.3. The molecule has 0 saturated carbocycles. The second-order valence-corrected chi connectivity index (χ2v) is 10.6. The van der Waals surface area contributed by atoms with Gasteiger partial charge in [0.25, 0.3) is 0 Å². The highest BCUT2D eigenvalue weighted by molar-refractivity contribution is 9.10. The Labute approximate surface area is 161 Å². The van der Waals surface area contributed by atoms with Crippen molar-refractivity contribution in [2.45, 2.75) is 56.8 Å². The first-order valence-electron chi connectivity index (χ1n) is 8.84. The zero-order chi connectivity index (χ0) is 18.0. The van der Waals surface area contributed by atoms with E-state index in [9.17, 15) is 4.21 Å². The van der Waals surface area contributed by atoms with Crippen molar-refractivity contribution in [3.05, 3.63) is 28.2 Å². The summed E-state index contributed by atoms with van der Waals surface area (Å²) in [6.45, 7) is 7.43. The molecule has 2 heterocycles. The van der Waals surface area contributed by atoms with Crippen molar-refractivity contribution in [2.75, 3.05) is 13.2 Å². The summed E-state index contributed by atoms with van der Waals surface area (Å²) in [5.41, 5.74) is 1.11. The van der Waals surface area contributed by atoms with Crippen LogP contribution in [0.15, 0.2) is 27.1 Å². The van der Waals surface area contributed by atoms with Crippen LogP contribution in [0.1, 0.15) is 51.5 Å². The first kappa shape index (κ1) is 19.1. The van der Waals surface area contributed by atoms with E-state index >= 15 is 0 Å². The van der Waals surface area contributed by atoms with Crippen LogP contribution in [0.3, 0.4) is 0 Å². The molecule has 0 radical (unpaired) electrons. The van der Waals surface area contributed by atoms with Crippen LogP contribution in [0.25, 0.3) is 0 Å². The monoisotopic (exact) mass is 427 g/mol. The molecule has 0 N–H and O–H groups in total. The van der Waals surface area contributed by atoms with Gasteiger partial charge in [-0.3, -0.25) is 0 Å². The maximum Gasteiger partial charge on any atom is 0.144 e. The second kappa shape index (κ2) is 7.89. The molecule has 138 valence electrons. The standard InChI is InChI=1S/C19H26BrNO3S/c1-19(2,3)25(22)21-11-14-9-18(13-5-4-8-23-12-13)24-17-7-6-15(20)10-16(14)17/h6-7,10-11,13-14,18H,4-5,8-9,12H2,1-3H3. The fraction of sp³-hybridized carbons (Fsp3) is 0.632. The van der Waals surface area contributed by atoms with E-state index in [2.05, 4.69) is 26.4 Å². The lowest BCUT2D eigenvalue weighted by molar-refractivity contribution is -0.00680. The molecule has 2 aliphatic rings. The fourth-order valence-electron chi connectivity index (χ4n) is 3.28. The van der Waals surface area contributed by atoms with Gasteiger partial charge in [-0.2, -0.15) is 4.40 Å². The summed E-state index contributed by atoms with van der Waals surface area (Å²) in [5.74, 6) is 1.43. The van der Waals surface area contributed by atoms with Crippen molar-refractivity contribution in [3.8, 4) is 5.75 Å². The molecule has 0 aromatic heterocycles. The van der Waals surface area contributed by atoms with E-state index in [-0.39, 0.29) is 16.8 Å². The number of halogens is 1. The van der Waals surface area contributed by atoms with E-state index in [0.29, 0.717) is 5.92 Å². The normalized spacial score (nSPS) is 28.4. The summed E-state index contributed by atoms with van der Waals surface area (Å²) in [4.78, 5) is 0. The molecule has 2 aliphatic heterocycles. The smallest absolute Gasteiger partial charge is 0.144 e. The molecule has 25 heavy (non-hydrogen) atoms. The van der Waals surface area contributed by atoms with Crippen LogP contribution >= 0.6 is 15.9 Å². The molecular weight excluding hydrogens is 402 g/mol. The zero-order valence-corrected chi connectivity index (χ0v) is 17.4. The minimum Gasteiger partial charge on any atom is -0.490 e. The quantitative estimate of drug-likeness (QED) is 0.659. The van der Waals surface area contributed by atoms with Crippen molar-refractivity contribution in [1.29, 1.82) is 0 Å². The third-order valence-electron chi connectivity index (χ3n) is 4.72. The summed E-state index contributed by atoms with van der Waals surface area (Å²) >= 11 is 3.54. The van der Waals surface area contributed by atoms with Crippen LogP contribution in [-0.2, 0) is 15.7 Å². The summed E-state index contributed by atoms with van der Waals surface area (Å²) in [5, 5.41) is 0. The van der Waals surface area contributed by atoms with Crippen molar-refractivity contribution in [2.24, 2.45) is 10.3 Å². The Morgan fingerprint density at radius 3 is 2.84 bits per heavy atom. The van der Waals surface area contributed by atoms with Gasteiger partial charge in [0.15, 0.2) is 0 Å². The van der Waals surface area contributed by atoms with Crippen molar-refractivity contribution in [1.82, 2.24) is 0 Å². The number of rotatable bonds is 3. The van der Waals surface area contributed by atoms with Crippen LogP contribution in [0, 0.1) is 5.92 Å². The van der Waals surface area contributed by atoms with Crippen LogP contribution in [0.4, 0.5) is 0 Å². The molecular formula is C19H26BrNO3S. The summed E-state index contributed by atoms with van der Waals surface area (Å²) in [7, 11) is -1.24. The zero-order valence-electron chi connectivity index (χ0n) is 15.0. The molecule has 4 nitrogen and oxygen atoms in total. The Bertz CT molecular complexity index is 665. The molecule has 1 aromatic rings. The van der Waals surface area contributed by atoms with E-state index in [1.165, 1.54) is 0 Å². The minimum absolute atomic E-state index is 0.111. The van der Waals surface area contributed by atoms with Gasteiger partial charge in [0.2, 0.25) is 0 Å². The van der Waals surface area contributed by atoms with Gasteiger partial charge >= 0.3 is 0 Å². The van der Waals surface area contributed by atoms with Crippen LogP contribution in [-0.4, -0.2) is 34.5 Å². The highest BCUT2D eigenvalue weighted by Crippen LogP contribution is 2.40. The highest BCUT2D eigenvalue weighted by Gasteiger charge is 2.34. The third kappa shape index (κ3) is 4.72. The summed E-state index contributed by atoms with van der Waals surface area (Å²) < 4.78 is 29.3. The lowest BCUT2D eigenvalue weighted by Crippen LogP contribution is -2.37. The molecule has 3 rings (SSSR count). The van der Waals surface area contributed by atoms with E-state index < -0.39 is 11.0 Å². The van der Waals surface area contributed by atoms with Gasteiger partial charge in [0, 0.05) is 34.7 Å². The summed E-state index contributed by atoms with van der Waals surface area (Å²) in [6, 6.07) is 6.09. The van der Waals surface area contributed by atoms with Gasteiger partial charge in [0.1, 0.15) is 22.8 Å². The molecule has 0 spiro atoms. The average Bonchev–Trinajstić information content (AvgIpc) is 2.59. The van der Waals surface area contributed by atoms with E-state index in [0.717, 1.165) is 48.3 Å². The molecule has 0 amide bonds. The molecule has 6 heteroatoms. The Kier molecular flexibility index (Phi) is 6.01. The number of benzene rings is 1. The van der Waals surface area contributed by atoms with Crippen LogP contribution in [0.5, 0.6) is 5.75 Å². The lowest BCUT2D eigenvalue weighted by Gasteiger charge is -2.36. The Morgan fingerprint density at radius 2 is 2.16 bits per heavy atom. The Balaban J connectivity index is 1.85. The molecule has 4 unspecified atom stereocenters. The molecule has 0 bridgehead atoms. The molecule has 1 saturated heterocycles. The number of fused-ring (bicyclic) bond motifs is 1. The van der Waals surface area contributed by atoms with Gasteiger partial charge in [-0.25, -0.2) is 4.21 Å². The molecule has 1 aromatic carbocycles. The maximum atomic E-state index is 12.3. The average molecular weight is 428 g/mol. The van der Waals surface area contributed by atoms with E-state index in [1.54, 1.807) is 0 Å². The molecule has 1 fully saturated rings. The van der Waals surface area contributed by atoms with Gasteiger partial charge in [-0.15, -0.1) is 0 Å². The Morgan fingerprint density at radius 1 is 1.36 bits per heavy atom. The van der Waals surface area contributed by atoms with Gasteiger partial charge < -0.3 is 9.47 Å². The van der Waals surface area contributed by atoms with Crippen LogP contribution < -0.4 is 4.74 Å². The van der Waals surface area contributed by atoms with E-state index in [1.807, 2.05) is 39.1 Å². The largest absolute Gasteiger partial charge is 0.490 e. The van der Waals surface area contributed by atoms with Gasteiger partial charge in [-0.1, -0.05) is 15.9 Å². The van der Waals surface area contributed by atoms with Crippen molar-refractivity contribution in [3.63, 3.8) is 0 Å². The number of ether oxygens (including phenoxy) is 2. The Hall–Kier alpha value is -0.720. The predicted octanol–water partition coefficient (Wildman–Crippen LogP) is 4.64. The number of nitrogens with zero attached hydrogens (tertiary/aromatic N) is 1. The van der Waals surface area contributed by atoms with Crippen molar-refractivity contribution >= 4 is 33.1 Å². The van der Waals surface area contributed by atoms with Gasteiger partial charge in [0.05, 0.1) is 11.4 Å². The number of hydrogen-bond acceptors (Lipinski definition) is 3. The first-order valence-corrected chi connectivity index (χ1v) is 10.7. The minimum atomic E-state index is -1.24. The predicted molar refractivity (Wildman–Crippen MR) is 106 cm³/mol. The fourth-order valence-corrected chi connectivity index (χ4v) is 4.23. The number of hydrogen-bond donors (Lipinski definition) is 0. The SMILES string of the molecule is CC(C)(C)S(=O)N=CC1CC(C2CCCOC2)Oc2ccc(Br)cc21. The molecule has 0 aliphatic carbocycles. The second-order valence-electron chi connectivity index (χ2n) is 7.77. The lowest BCUT2D eigenvalue weighted by atomic mass is 9.84. The topological polar surface area (TPSA) is 47.9 Å². The van der Waals surface area contributed by atoms with Crippen molar-refractivity contribution < 1.29 is 13.7 Å². The third-order valence-corrected chi connectivity index (χ3v) is 6.57.